The van der Waals surface area contributed by atoms with E-state index in [0.29, 0.717) is 23.3 Å². The lowest BCUT2D eigenvalue weighted by Crippen LogP contribution is -2.48. The first-order chi connectivity index (χ1) is 14.0. The summed E-state index contributed by atoms with van der Waals surface area (Å²) in [6, 6.07) is 11.5. The zero-order valence-corrected chi connectivity index (χ0v) is 16.0. The average Bonchev–Trinajstić information content (AvgIpc) is 3.07. The summed E-state index contributed by atoms with van der Waals surface area (Å²) in [5, 5.41) is 10.6. The Bertz CT molecular complexity index is 1130. The van der Waals surface area contributed by atoms with Crippen molar-refractivity contribution in [2.24, 2.45) is 11.7 Å². The Kier molecular flexibility index (Phi) is 4.20. The number of carbonyl (C=O) groups excluding carboxylic acids is 1. The van der Waals surface area contributed by atoms with Crippen molar-refractivity contribution in [3.05, 3.63) is 42.0 Å². The van der Waals surface area contributed by atoms with E-state index in [1.807, 2.05) is 24.3 Å². The number of piperidine rings is 3. The molecule has 3 aliphatic rings. The molecular formula is C22H23N3O4. The molecule has 29 heavy (non-hydrogen) atoms. The van der Waals surface area contributed by atoms with E-state index in [4.69, 9.17) is 15.6 Å². The second kappa shape index (κ2) is 6.77. The minimum absolute atomic E-state index is 0.301. The van der Waals surface area contributed by atoms with E-state index in [-0.39, 0.29) is 0 Å². The molecule has 3 fully saturated rings. The number of benzene rings is 2. The first kappa shape index (κ1) is 18.0. The van der Waals surface area contributed by atoms with E-state index in [1.54, 1.807) is 12.1 Å². The number of hydrogen-bond donors (Lipinski definition) is 2. The summed E-state index contributed by atoms with van der Waals surface area (Å²) in [6.45, 7) is 2.81. The fourth-order valence-electron chi connectivity index (χ4n) is 5.15. The van der Waals surface area contributed by atoms with Gasteiger partial charge in [0.25, 0.3) is 0 Å². The summed E-state index contributed by atoms with van der Waals surface area (Å²) < 4.78 is 7.93. The van der Waals surface area contributed by atoms with Crippen LogP contribution in [0.4, 0.5) is 0 Å². The van der Waals surface area contributed by atoms with E-state index in [1.165, 1.54) is 0 Å². The van der Waals surface area contributed by atoms with E-state index < -0.39 is 18.5 Å². The van der Waals surface area contributed by atoms with E-state index in [0.717, 1.165) is 54.3 Å². The van der Waals surface area contributed by atoms with Crippen LogP contribution in [0.15, 0.2) is 36.4 Å². The molecule has 0 radical (unpaired) electrons. The smallest absolute Gasteiger partial charge is 0.341 e. The number of rotatable bonds is 5. The van der Waals surface area contributed by atoms with Gasteiger partial charge in [0.2, 0.25) is 5.91 Å². The van der Waals surface area contributed by atoms with Crippen LogP contribution in [0, 0.1) is 5.92 Å². The van der Waals surface area contributed by atoms with Gasteiger partial charge in [-0.05, 0) is 56.1 Å². The second-order valence-electron chi connectivity index (χ2n) is 7.97. The molecule has 7 nitrogen and oxygen atoms in total. The lowest BCUT2D eigenvalue weighted by Gasteiger charge is -2.45. The SMILES string of the molecule is NC(=O)c1cccc2c1c1c(OCC(=O)O)cccc1n2C1CN2CCC1CC2. The minimum atomic E-state index is -1.04. The van der Waals surface area contributed by atoms with Gasteiger partial charge in [0.15, 0.2) is 6.61 Å². The number of hydrogen-bond acceptors (Lipinski definition) is 4. The summed E-state index contributed by atoms with van der Waals surface area (Å²) in [4.78, 5) is 25.8. The number of carbonyl (C=O) groups is 2. The molecule has 0 saturated carbocycles. The highest BCUT2D eigenvalue weighted by Crippen LogP contribution is 2.44. The fraction of sp³-hybridized carbons (Fsp3) is 0.364. The number of aromatic nitrogens is 1. The molecule has 3 N–H and O–H groups in total. The molecular weight excluding hydrogens is 370 g/mol. The third kappa shape index (κ3) is 2.84. The van der Waals surface area contributed by atoms with Crippen LogP contribution in [-0.4, -0.2) is 52.7 Å². The number of amides is 1. The molecule has 4 heterocycles. The maximum atomic E-state index is 12.2. The Morgan fingerprint density at radius 2 is 1.76 bits per heavy atom. The molecule has 150 valence electrons. The Morgan fingerprint density at radius 3 is 2.38 bits per heavy atom. The van der Waals surface area contributed by atoms with Crippen LogP contribution >= 0.6 is 0 Å². The van der Waals surface area contributed by atoms with Gasteiger partial charge in [-0.3, -0.25) is 4.79 Å². The van der Waals surface area contributed by atoms with Gasteiger partial charge in [-0.25, -0.2) is 4.79 Å². The highest BCUT2D eigenvalue weighted by molar-refractivity contribution is 6.19. The second-order valence-corrected chi connectivity index (χ2v) is 7.97. The van der Waals surface area contributed by atoms with Crippen molar-refractivity contribution in [1.82, 2.24) is 9.47 Å². The van der Waals surface area contributed by atoms with Crippen molar-refractivity contribution in [1.29, 1.82) is 0 Å². The predicted molar refractivity (Wildman–Crippen MR) is 109 cm³/mol. The number of nitrogens with zero attached hydrogens (tertiary/aromatic N) is 2. The summed E-state index contributed by atoms with van der Waals surface area (Å²) in [7, 11) is 0. The summed E-state index contributed by atoms with van der Waals surface area (Å²) in [5.74, 6) is -0.502. The van der Waals surface area contributed by atoms with E-state index in [2.05, 4.69) is 9.47 Å². The Morgan fingerprint density at radius 1 is 1.07 bits per heavy atom. The summed E-state index contributed by atoms with van der Waals surface area (Å²) in [5.41, 5.74) is 8.03. The molecule has 7 heteroatoms. The molecule has 1 unspecified atom stereocenters. The van der Waals surface area contributed by atoms with Gasteiger partial charge in [-0.1, -0.05) is 12.1 Å². The van der Waals surface area contributed by atoms with Crippen molar-refractivity contribution < 1.29 is 19.4 Å². The maximum Gasteiger partial charge on any atom is 0.341 e. The topological polar surface area (TPSA) is 97.8 Å². The van der Waals surface area contributed by atoms with Crippen molar-refractivity contribution in [3.8, 4) is 5.75 Å². The largest absolute Gasteiger partial charge is 0.481 e. The van der Waals surface area contributed by atoms with Gasteiger partial charge in [-0.2, -0.15) is 0 Å². The normalized spacial score (nSPS) is 23.5. The standard InChI is InChI=1S/C22H23N3O4/c23-22(28)14-3-1-4-15-20(14)21-16(5-2-6-18(21)29-12-19(26)27)25(15)17-11-24-9-7-13(17)8-10-24/h1-6,13,17H,7-12H2,(H2,23,28)(H,26,27). The van der Waals surface area contributed by atoms with Crippen LogP contribution < -0.4 is 10.5 Å². The van der Waals surface area contributed by atoms with Crippen molar-refractivity contribution >= 4 is 33.7 Å². The first-order valence-electron chi connectivity index (χ1n) is 9.97. The van der Waals surface area contributed by atoms with Crippen LogP contribution in [0.5, 0.6) is 5.75 Å². The van der Waals surface area contributed by atoms with Crippen LogP contribution in [0.1, 0.15) is 29.2 Å². The molecule has 2 bridgehead atoms. The van der Waals surface area contributed by atoms with Gasteiger partial charge < -0.3 is 25.0 Å². The van der Waals surface area contributed by atoms with Crippen LogP contribution in [0.2, 0.25) is 0 Å². The first-order valence-corrected chi connectivity index (χ1v) is 9.97. The van der Waals surface area contributed by atoms with Crippen LogP contribution in [0.25, 0.3) is 21.8 Å². The quantitative estimate of drug-likeness (QED) is 0.694. The molecule has 1 amide bonds. The zero-order chi connectivity index (χ0) is 20.1. The third-order valence-corrected chi connectivity index (χ3v) is 6.39. The Labute approximate surface area is 167 Å². The third-order valence-electron chi connectivity index (χ3n) is 6.39. The number of ether oxygens (including phenoxy) is 1. The van der Waals surface area contributed by atoms with E-state index >= 15 is 0 Å². The minimum Gasteiger partial charge on any atom is -0.481 e. The monoisotopic (exact) mass is 393 g/mol. The molecule has 1 atom stereocenters. The van der Waals surface area contributed by atoms with Crippen LogP contribution in [0.3, 0.4) is 0 Å². The predicted octanol–water partition coefficient (Wildman–Crippen LogP) is 2.62. The molecule has 3 aliphatic heterocycles. The van der Waals surface area contributed by atoms with Crippen LogP contribution in [-0.2, 0) is 4.79 Å². The Balaban J connectivity index is 1.80. The number of primary amides is 1. The lowest BCUT2D eigenvalue weighted by molar-refractivity contribution is -0.139. The molecule has 3 saturated heterocycles. The summed E-state index contributed by atoms with van der Waals surface area (Å²) in [6.07, 6.45) is 2.33. The van der Waals surface area contributed by atoms with Gasteiger partial charge in [0.1, 0.15) is 5.75 Å². The molecule has 3 aromatic rings. The molecule has 6 rings (SSSR count). The fourth-order valence-corrected chi connectivity index (χ4v) is 5.15. The van der Waals surface area contributed by atoms with Gasteiger partial charge >= 0.3 is 5.97 Å². The molecule has 0 spiro atoms. The number of nitrogens with two attached hydrogens (primary N) is 1. The number of carboxylic acid groups (broad SMARTS) is 1. The van der Waals surface area contributed by atoms with Crippen molar-refractivity contribution in [2.45, 2.75) is 18.9 Å². The number of carboxylic acids is 1. The molecule has 0 aliphatic carbocycles. The average molecular weight is 393 g/mol. The highest BCUT2D eigenvalue weighted by Gasteiger charge is 2.37. The van der Waals surface area contributed by atoms with Crippen molar-refractivity contribution in [3.63, 3.8) is 0 Å². The lowest BCUT2D eigenvalue weighted by atomic mass is 9.83. The molecule has 2 aromatic carbocycles. The molecule has 1 aromatic heterocycles. The van der Waals surface area contributed by atoms with E-state index in [9.17, 15) is 9.59 Å². The number of fused-ring (bicyclic) bond motifs is 6. The van der Waals surface area contributed by atoms with Gasteiger partial charge in [0.05, 0.1) is 16.4 Å². The van der Waals surface area contributed by atoms with Gasteiger partial charge in [0, 0.05) is 23.5 Å². The van der Waals surface area contributed by atoms with Gasteiger partial charge in [-0.15, -0.1) is 0 Å². The zero-order valence-electron chi connectivity index (χ0n) is 16.0. The Hall–Kier alpha value is -3.06. The van der Waals surface area contributed by atoms with Crippen molar-refractivity contribution in [2.75, 3.05) is 26.2 Å². The highest BCUT2D eigenvalue weighted by atomic mass is 16.5. The number of aliphatic carboxylic acids is 1. The summed E-state index contributed by atoms with van der Waals surface area (Å²) >= 11 is 0. The maximum absolute atomic E-state index is 12.2.